The van der Waals surface area contributed by atoms with Gasteiger partial charge in [0.15, 0.2) is 0 Å². The molecule has 0 aromatic rings. The number of nitrogens with two attached hydrogens (primary N) is 1. The minimum Gasteiger partial charge on any atom is -0.377 e. The fourth-order valence-corrected chi connectivity index (χ4v) is 3.49. The largest absolute Gasteiger partial charge is 0.377 e. The van der Waals surface area contributed by atoms with E-state index >= 15 is 0 Å². The quantitative estimate of drug-likeness (QED) is 0.774. The molecule has 1 unspecified atom stereocenters. The summed E-state index contributed by atoms with van der Waals surface area (Å²) in [7, 11) is 0. The molecule has 110 valence electrons. The molecule has 0 bridgehead atoms. The van der Waals surface area contributed by atoms with Crippen LogP contribution in [-0.2, 0) is 9.53 Å². The summed E-state index contributed by atoms with van der Waals surface area (Å²) in [5, 5.41) is 3.44. The van der Waals surface area contributed by atoms with Gasteiger partial charge in [-0.2, -0.15) is 0 Å². The first-order valence-corrected chi connectivity index (χ1v) is 7.83. The fourth-order valence-electron chi connectivity index (χ4n) is 3.49. The summed E-state index contributed by atoms with van der Waals surface area (Å²) < 4.78 is 5.61. The van der Waals surface area contributed by atoms with Gasteiger partial charge in [0, 0.05) is 13.2 Å². The lowest BCUT2D eigenvalue weighted by molar-refractivity contribution is -0.126. The molecular weight excluding hydrogens is 240 g/mol. The van der Waals surface area contributed by atoms with E-state index in [9.17, 15) is 4.79 Å². The topological polar surface area (TPSA) is 64.3 Å². The van der Waals surface area contributed by atoms with Gasteiger partial charge in [0.2, 0.25) is 5.91 Å². The van der Waals surface area contributed by atoms with Crippen molar-refractivity contribution in [3.8, 4) is 0 Å². The van der Waals surface area contributed by atoms with Crippen molar-refractivity contribution >= 4 is 5.91 Å². The summed E-state index contributed by atoms with van der Waals surface area (Å²) in [6.45, 7) is 3.85. The Morgan fingerprint density at radius 3 is 2.63 bits per heavy atom. The Bertz CT molecular complexity index is 293. The summed E-state index contributed by atoms with van der Waals surface area (Å²) in [6.07, 6.45) is 9.03. The molecule has 3 N–H and O–H groups in total. The zero-order valence-electron chi connectivity index (χ0n) is 12.1. The van der Waals surface area contributed by atoms with Crippen molar-refractivity contribution in [1.29, 1.82) is 0 Å². The molecule has 1 saturated carbocycles. The molecule has 19 heavy (non-hydrogen) atoms. The summed E-state index contributed by atoms with van der Waals surface area (Å²) in [5.74, 6) is 0.599. The first-order chi connectivity index (χ1) is 9.16. The van der Waals surface area contributed by atoms with Crippen molar-refractivity contribution in [1.82, 2.24) is 5.32 Å². The molecule has 4 nitrogen and oxygen atoms in total. The van der Waals surface area contributed by atoms with Gasteiger partial charge in [0.1, 0.15) is 0 Å². The van der Waals surface area contributed by atoms with Gasteiger partial charge in [-0.05, 0) is 44.4 Å². The van der Waals surface area contributed by atoms with Crippen LogP contribution >= 0.6 is 0 Å². The van der Waals surface area contributed by atoms with Crippen LogP contribution in [-0.4, -0.2) is 30.7 Å². The maximum absolute atomic E-state index is 11.9. The first-order valence-electron chi connectivity index (χ1n) is 7.83. The average molecular weight is 268 g/mol. The van der Waals surface area contributed by atoms with Crippen LogP contribution in [0.2, 0.25) is 0 Å². The van der Waals surface area contributed by atoms with Crippen LogP contribution in [0.3, 0.4) is 0 Å². The predicted octanol–water partition coefficient (Wildman–Crippen LogP) is 1.97. The molecule has 0 aromatic heterocycles. The van der Waals surface area contributed by atoms with Crippen molar-refractivity contribution in [3.05, 3.63) is 0 Å². The van der Waals surface area contributed by atoms with Crippen molar-refractivity contribution in [2.45, 2.75) is 69.9 Å². The highest BCUT2D eigenvalue weighted by molar-refractivity contribution is 5.84. The van der Waals surface area contributed by atoms with Crippen molar-refractivity contribution in [3.63, 3.8) is 0 Å². The van der Waals surface area contributed by atoms with E-state index in [2.05, 4.69) is 12.2 Å². The normalized spacial score (nSPS) is 35.4. The van der Waals surface area contributed by atoms with Crippen LogP contribution in [0.5, 0.6) is 0 Å². The number of carbonyl (C=O) groups is 1. The fraction of sp³-hybridized carbons (Fsp3) is 0.933. The van der Waals surface area contributed by atoms with Gasteiger partial charge in [-0.1, -0.05) is 19.8 Å². The highest BCUT2D eigenvalue weighted by Gasteiger charge is 2.40. The summed E-state index contributed by atoms with van der Waals surface area (Å²) in [4.78, 5) is 11.9. The number of carbonyl (C=O) groups excluding carboxylic acids is 1. The van der Waals surface area contributed by atoms with Gasteiger partial charge < -0.3 is 15.8 Å². The molecule has 0 aromatic carbocycles. The van der Waals surface area contributed by atoms with Crippen LogP contribution in [0, 0.1) is 5.92 Å². The smallest absolute Gasteiger partial charge is 0.237 e. The molecule has 2 rings (SSSR count). The molecule has 1 atom stereocenters. The molecule has 0 radical (unpaired) electrons. The van der Waals surface area contributed by atoms with E-state index in [-0.39, 0.29) is 12.0 Å². The van der Waals surface area contributed by atoms with E-state index < -0.39 is 5.54 Å². The van der Waals surface area contributed by atoms with Gasteiger partial charge in [-0.25, -0.2) is 0 Å². The molecule has 2 fully saturated rings. The van der Waals surface area contributed by atoms with Crippen LogP contribution in [0.1, 0.15) is 58.3 Å². The number of primary amides is 1. The van der Waals surface area contributed by atoms with Gasteiger partial charge in [-0.3, -0.25) is 4.79 Å². The number of hydrogen-bond donors (Lipinski definition) is 2. The Balaban J connectivity index is 1.86. The number of ether oxygens (including phenoxy) is 1. The van der Waals surface area contributed by atoms with E-state index in [4.69, 9.17) is 10.5 Å². The SMILES string of the molecule is CCCC1CCC(NCC2CCCO2)(C(N)=O)CC1. The maximum Gasteiger partial charge on any atom is 0.237 e. The molecule has 0 spiro atoms. The van der Waals surface area contributed by atoms with E-state index in [1.165, 1.54) is 12.8 Å². The minimum absolute atomic E-state index is 0.180. The van der Waals surface area contributed by atoms with Crippen molar-refractivity contribution in [2.75, 3.05) is 13.2 Å². The van der Waals surface area contributed by atoms with Crippen molar-refractivity contribution < 1.29 is 9.53 Å². The van der Waals surface area contributed by atoms with E-state index in [0.29, 0.717) is 0 Å². The Morgan fingerprint density at radius 2 is 2.11 bits per heavy atom. The van der Waals surface area contributed by atoms with Gasteiger partial charge in [0.25, 0.3) is 0 Å². The zero-order chi connectivity index (χ0) is 13.7. The molecule has 1 aliphatic carbocycles. The van der Waals surface area contributed by atoms with Crippen LogP contribution in [0.4, 0.5) is 0 Å². The second-order valence-electron chi connectivity index (χ2n) is 6.19. The van der Waals surface area contributed by atoms with Gasteiger partial charge in [-0.15, -0.1) is 0 Å². The molecule has 1 heterocycles. The number of rotatable bonds is 6. The average Bonchev–Trinajstić information content (AvgIpc) is 2.91. The monoisotopic (exact) mass is 268 g/mol. The summed E-state index contributed by atoms with van der Waals surface area (Å²) >= 11 is 0. The number of nitrogens with one attached hydrogen (secondary N) is 1. The Labute approximate surface area is 116 Å². The third-order valence-electron chi connectivity index (χ3n) is 4.82. The van der Waals surface area contributed by atoms with Crippen LogP contribution < -0.4 is 11.1 Å². The van der Waals surface area contributed by atoms with E-state index in [1.807, 2.05) is 0 Å². The number of hydrogen-bond acceptors (Lipinski definition) is 3. The van der Waals surface area contributed by atoms with Crippen LogP contribution in [0.15, 0.2) is 0 Å². The third kappa shape index (κ3) is 3.69. The summed E-state index contributed by atoms with van der Waals surface area (Å²) in [6, 6.07) is 0. The predicted molar refractivity (Wildman–Crippen MR) is 75.8 cm³/mol. The standard InChI is InChI=1S/C15H28N2O2/c1-2-4-12-6-8-15(9-7-12,14(16)18)17-11-13-5-3-10-19-13/h12-13,17H,2-11H2,1H3,(H2,16,18). The number of amides is 1. The van der Waals surface area contributed by atoms with Crippen molar-refractivity contribution in [2.24, 2.45) is 11.7 Å². The molecule has 1 amide bonds. The highest BCUT2D eigenvalue weighted by Crippen LogP contribution is 2.34. The Morgan fingerprint density at radius 1 is 1.37 bits per heavy atom. The minimum atomic E-state index is -0.476. The maximum atomic E-state index is 11.9. The second-order valence-corrected chi connectivity index (χ2v) is 6.19. The second kappa shape index (κ2) is 6.71. The molecule has 4 heteroatoms. The summed E-state index contributed by atoms with van der Waals surface area (Å²) in [5.41, 5.74) is 5.19. The van der Waals surface area contributed by atoms with Crippen LogP contribution in [0.25, 0.3) is 0 Å². The molecule has 2 aliphatic rings. The lowest BCUT2D eigenvalue weighted by Gasteiger charge is -2.39. The molecule has 1 saturated heterocycles. The highest BCUT2D eigenvalue weighted by atomic mass is 16.5. The van der Waals surface area contributed by atoms with Gasteiger partial charge in [0.05, 0.1) is 11.6 Å². The zero-order valence-corrected chi connectivity index (χ0v) is 12.1. The van der Waals surface area contributed by atoms with E-state index in [0.717, 1.165) is 57.6 Å². The van der Waals surface area contributed by atoms with Gasteiger partial charge >= 0.3 is 0 Å². The third-order valence-corrected chi connectivity index (χ3v) is 4.82. The lowest BCUT2D eigenvalue weighted by atomic mass is 9.74. The van der Waals surface area contributed by atoms with E-state index in [1.54, 1.807) is 0 Å². The molecular formula is C15H28N2O2. The first kappa shape index (κ1) is 14.8. The molecule has 1 aliphatic heterocycles. The lowest BCUT2D eigenvalue weighted by Crippen LogP contribution is -2.58. The Hall–Kier alpha value is -0.610. The Kier molecular flexibility index (Phi) is 5.22.